The molecule has 0 aromatic heterocycles. The highest BCUT2D eigenvalue weighted by Crippen LogP contribution is 2.22. The molecule has 0 amide bonds. The quantitative estimate of drug-likeness (QED) is 0.508. The SMILES string of the molecule is CC1CN(C(C)O)C1O. The van der Waals surface area contributed by atoms with E-state index in [-0.39, 0.29) is 0 Å². The van der Waals surface area contributed by atoms with Crippen LogP contribution >= 0.6 is 0 Å². The first-order chi connectivity index (χ1) is 4.13. The predicted molar refractivity (Wildman–Crippen MR) is 33.6 cm³/mol. The molecule has 54 valence electrons. The summed E-state index contributed by atoms with van der Waals surface area (Å²) in [7, 11) is 0. The minimum atomic E-state index is -0.504. The number of rotatable bonds is 1. The molecule has 0 spiro atoms. The first kappa shape index (κ1) is 6.99. The summed E-state index contributed by atoms with van der Waals surface area (Å²) in [6.07, 6.45) is -0.929. The van der Waals surface area contributed by atoms with Crippen LogP contribution in [0.2, 0.25) is 0 Å². The lowest BCUT2D eigenvalue weighted by molar-refractivity contribution is -0.187. The molecule has 0 aliphatic carbocycles. The predicted octanol–water partition coefficient (Wildman–Crippen LogP) is -0.405. The minimum Gasteiger partial charge on any atom is -0.379 e. The molecule has 1 saturated heterocycles. The van der Waals surface area contributed by atoms with E-state index in [9.17, 15) is 0 Å². The number of hydrogen-bond acceptors (Lipinski definition) is 3. The van der Waals surface area contributed by atoms with Gasteiger partial charge in [0.1, 0.15) is 12.5 Å². The summed E-state index contributed by atoms with van der Waals surface area (Å²) in [6, 6.07) is 0. The fraction of sp³-hybridized carbons (Fsp3) is 1.00. The molecule has 1 rings (SSSR count). The largest absolute Gasteiger partial charge is 0.379 e. The Morgan fingerprint density at radius 2 is 2.22 bits per heavy atom. The third-order valence-corrected chi connectivity index (χ3v) is 1.83. The van der Waals surface area contributed by atoms with Gasteiger partial charge in [-0.2, -0.15) is 0 Å². The Morgan fingerprint density at radius 1 is 1.67 bits per heavy atom. The molecule has 3 nitrogen and oxygen atoms in total. The summed E-state index contributed by atoms with van der Waals surface area (Å²) in [5.41, 5.74) is 0. The van der Waals surface area contributed by atoms with E-state index in [0.717, 1.165) is 6.54 Å². The smallest absolute Gasteiger partial charge is 0.113 e. The Kier molecular flexibility index (Phi) is 1.75. The Hall–Kier alpha value is -0.120. The van der Waals surface area contributed by atoms with Crippen molar-refractivity contribution in [1.29, 1.82) is 0 Å². The normalized spacial score (nSPS) is 40.0. The van der Waals surface area contributed by atoms with Crippen LogP contribution in [0, 0.1) is 5.92 Å². The fourth-order valence-electron chi connectivity index (χ4n) is 1.10. The van der Waals surface area contributed by atoms with Crippen molar-refractivity contribution in [2.75, 3.05) is 6.54 Å². The van der Waals surface area contributed by atoms with Crippen LogP contribution in [0.3, 0.4) is 0 Å². The van der Waals surface area contributed by atoms with E-state index in [2.05, 4.69) is 0 Å². The fourth-order valence-corrected chi connectivity index (χ4v) is 1.10. The summed E-state index contributed by atoms with van der Waals surface area (Å²) >= 11 is 0. The molecule has 3 unspecified atom stereocenters. The van der Waals surface area contributed by atoms with Gasteiger partial charge in [0, 0.05) is 12.5 Å². The zero-order valence-electron chi connectivity index (χ0n) is 5.78. The Morgan fingerprint density at radius 3 is 2.33 bits per heavy atom. The molecule has 1 aliphatic rings. The molecule has 9 heavy (non-hydrogen) atoms. The highest BCUT2D eigenvalue weighted by atomic mass is 16.3. The van der Waals surface area contributed by atoms with Gasteiger partial charge in [-0.05, 0) is 6.92 Å². The van der Waals surface area contributed by atoms with Crippen LogP contribution in [-0.4, -0.2) is 34.1 Å². The molecule has 0 aromatic carbocycles. The number of aliphatic hydroxyl groups is 2. The first-order valence-electron chi connectivity index (χ1n) is 3.25. The number of aliphatic hydroxyl groups excluding tert-OH is 2. The van der Waals surface area contributed by atoms with Gasteiger partial charge in [0.2, 0.25) is 0 Å². The highest BCUT2D eigenvalue weighted by molar-refractivity contribution is 4.81. The van der Waals surface area contributed by atoms with E-state index in [1.54, 1.807) is 11.8 Å². The Labute approximate surface area is 54.9 Å². The van der Waals surface area contributed by atoms with Crippen molar-refractivity contribution < 1.29 is 10.2 Å². The molecule has 1 heterocycles. The summed E-state index contributed by atoms with van der Waals surface area (Å²) in [5.74, 6) is 0.319. The van der Waals surface area contributed by atoms with Gasteiger partial charge in [0.05, 0.1) is 0 Å². The highest BCUT2D eigenvalue weighted by Gasteiger charge is 2.36. The van der Waals surface area contributed by atoms with Gasteiger partial charge in [0.25, 0.3) is 0 Å². The summed E-state index contributed by atoms with van der Waals surface area (Å²) in [4.78, 5) is 1.64. The second kappa shape index (κ2) is 2.25. The zero-order chi connectivity index (χ0) is 7.02. The van der Waals surface area contributed by atoms with E-state index in [1.807, 2.05) is 6.92 Å². The lowest BCUT2D eigenvalue weighted by Gasteiger charge is -2.44. The van der Waals surface area contributed by atoms with E-state index >= 15 is 0 Å². The maximum Gasteiger partial charge on any atom is 0.113 e. The molecule has 0 radical (unpaired) electrons. The lowest BCUT2D eigenvalue weighted by Crippen LogP contribution is -2.58. The van der Waals surface area contributed by atoms with E-state index in [1.165, 1.54) is 0 Å². The van der Waals surface area contributed by atoms with Gasteiger partial charge in [-0.15, -0.1) is 0 Å². The van der Waals surface area contributed by atoms with Crippen molar-refractivity contribution in [2.45, 2.75) is 26.3 Å². The third kappa shape index (κ3) is 1.08. The van der Waals surface area contributed by atoms with E-state index < -0.39 is 12.5 Å². The van der Waals surface area contributed by atoms with Crippen molar-refractivity contribution >= 4 is 0 Å². The van der Waals surface area contributed by atoms with Crippen LogP contribution in [0.4, 0.5) is 0 Å². The van der Waals surface area contributed by atoms with Crippen LogP contribution < -0.4 is 0 Å². The van der Waals surface area contributed by atoms with Gasteiger partial charge in [0.15, 0.2) is 0 Å². The molecule has 2 N–H and O–H groups in total. The van der Waals surface area contributed by atoms with Crippen molar-refractivity contribution in [2.24, 2.45) is 5.92 Å². The topological polar surface area (TPSA) is 43.7 Å². The van der Waals surface area contributed by atoms with Crippen molar-refractivity contribution in [3.63, 3.8) is 0 Å². The van der Waals surface area contributed by atoms with E-state index in [0.29, 0.717) is 5.92 Å². The van der Waals surface area contributed by atoms with Crippen molar-refractivity contribution in [1.82, 2.24) is 4.90 Å². The maximum absolute atomic E-state index is 9.11. The van der Waals surface area contributed by atoms with Gasteiger partial charge in [-0.1, -0.05) is 6.92 Å². The summed E-state index contributed by atoms with van der Waals surface area (Å²) in [5, 5.41) is 18.0. The molecule has 1 fully saturated rings. The van der Waals surface area contributed by atoms with Crippen LogP contribution in [-0.2, 0) is 0 Å². The van der Waals surface area contributed by atoms with Gasteiger partial charge < -0.3 is 10.2 Å². The average molecular weight is 131 g/mol. The van der Waals surface area contributed by atoms with Crippen molar-refractivity contribution in [3.05, 3.63) is 0 Å². The molecule has 1 aliphatic heterocycles. The number of nitrogens with zero attached hydrogens (tertiary/aromatic N) is 1. The third-order valence-electron chi connectivity index (χ3n) is 1.83. The summed E-state index contributed by atoms with van der Waals surface area (Å²) < 4.78 is 0. The zero-order valence-corrected chi connectivity index (χ0v) is 5.78. The second-order valence-corrected chi connectivity index (χ2v) is 2.72. The Balaban J connectivity index is 2.33. The summed E-state index contributed by atoms with van der Waals surface area (Å²) in [6.45, 7) is 4.43. The molecule has 0 aromatic rings. The molecule has 3 atom stereocenters. The van der Waals surface area contributed by atoms with Crippen LogP contribution in [0.25, 0.3) is 0 Å². The molecular formula is C6H13NO2. The Bertz CT molecular complexity index is 105. The van der Waals surface area contributed by atoms with Crippen LogP contribution in [0.1, 0.15) is 13.8 Å². The van der Waals surface area contributed by atoms with E-state index in [4.69, 9.17) is 10.2 Å². The number of likely N-dealkylation sites (tertiary alicyclic amines) is 1. The molecule has 3 heteroatoms. The molecule has 0 bridgehead atoms. The van der Waals surface area contributed by atoms with Crippen LogP contribution in [0.5, 0.6) is 0 Å². The molecule has 0 saturated carbocycles. The van der Waals surface area contributed by atoms with Gasteiger partial charge in [-0.25, -0.2) is 0 Å². The standard InChI is InChI=1S/C6H13NO2/c1-4-3-7(5(2)8)6(4)9/h4-6,8-9H,3H2,1-2H3. The minimum absolute atomic E-state index is 0.319. The van der Waals surface area contributed by atoms with Crippen LogP contribution in [0.15, 0.2) is 0 Å². The number of hydrogen-bond donors (Lipinski definition) is 2. The molecular weight excluding hydrogens is 118 g/mol. The van der Waals surface area contributed by atoms with Gasteiger partial charge in [-0.3, -0.25) is 4.90 Å². The monoisotopic (exact) mass is 131 g/mol. The maximum atomic E-state index is 9.11. The average Bonchev–Trinajstić information content (AvgIpc) is 1.81. The first-order valence-corrected chi connectivity index (χ1v) is 3.25. The van der Waals surface area contributed by atoms with Gasteiger partial charge >= 0.3 is 0 Å². The lowest BCUT2D eigenvalue weighted by atomic mass is 10.00. The second-order valence-electron chi connectivity index (χ2n) is 2.72. The van der Waals surface area contributed by atoms with Crippen molar-refractivity contribution in [3.8, 4) is 0 Å².